The van der Waals surface area contributed by atoms with E-state index in [4.69, 9.17) is 0 Å². The molecule has 0 bridgehead atoms. The van der Waals surface area contributed by atoms with Crippen molar-refractivity contribution in [3.05, 3.63) is 33.8 Å². The number of pyridine rings is 1. The van der Waals surface area contributed by atoms with Crippen molar-refractivity contribution in [3.63, 3.8) is 0 Å². The van der Waals surface area contributed by atoms with Gasteiger partial charge < -0.3 is 0 Å². The summed E-state index contributed by atoms with van der Waals surface area (Å²) in [5.41, 5.74) is 0.364. The van der Waals surface area contributed by atoms with Crippen molar-refractivity contribution >= 4 is 11.3 Å². The van der Waals surface area contributed by atoms with E-state index in [0.29, 0.717) is 10.7 Å². The van der Waals surface area contributed by atoms with Gasteiger partial charge in [-0.25, -0.2) is 10.1 Å². The van der Waals surface area contributed by atoms with E-state index in [1.165, 1.54) is 12.1 Å². The summed E-state index contributed by atoms with van der Waals surface area (Å²) in [5, 5.41) is 6.31. The van der Waals surface area contributed by atoms with Crippen LogP contribution in [0.2, 0.25) is 0 Å². The summed E-state index contributed by atoms with van der Waals surface area (Å²) in [6.07, 6.45) is 0. The van der Waals surface area contributed by atoms with Crippen molar-refractivity contribution < 1.29 is 4.39 Å². The van der Waals surface area contributed by atoms with Gasteiger partial charge in [-0.2, -0.15) is 9.49 Å². The van der Waals surface area contributed by atoms with Crippen molar-refractivity contribution in [1.29, 1.82) is 0 Å². The fraction of sp³-hybridized carbons (Fsp3) is 0. The third kappa shape index (κ3) is 1.62. The fourth-order valence-electron chi connectivity index (χ4n) is 0.867. The molecule has 4 nitrogen and oxygen atoms in total. The lowest BCUT2D eigenvalue weighted by Gasteiger charge is -1.92. The highest BCUT2D eigenvalue weighted by atomic mass is 32.1. The van der Waals surface area contributed by atoms with Crippen molar-refractivity contribution in [1.82, 2.24) is 15.2 Å². The minimum Gasteiger partial charge on any atom is -0.255 e. The highest BCUT2D eigenvalue weighted by Gasteiger charge is 2.04. The van der Waals surface area contributed by atoms with Crippen LogP contribution in [-0.2, 0) is 0 Å². The van der Waals surface area contributed by atoms with Gasteiger partial charge in [0.05, 0.1) is 0 Å². The van der Waals surface area contributed by atoms with Crippen LogP contribution < -0.4 is 4.87 Å². The lowest BCUT2D eigenvalue weighted by molar-refractivity contribution is 0.585. The molecule has 0 amide bonds. The first kappa shape index (κ1) is 8.06. The molecule has 0 saturated carbocycles. The fourth-order valence-corrected chi connectivity index (χ4v) is 1.44. The summed E-state index contributed by atoms with van der Waals surface area (Å²) < 4.78 is 12.6. The van der Waals surface area contributed by atoms with Gasteiger partial charge in [-0.3, -0.25) is 4.79 Å². The minimum atomic E-state index is -0.583. The summed E-state index contributed by atoms with van der Waals surface area (Å²) in [7, 11) is 0. The Balaban J connectivity index is 2.52. The monoisotopic (exact) mass is 197 g/mol. The number of rotatable bonds is 1. The standard InChI is InChI=1S/C7H4FN3OS/c8-5-3-1-2-4(9-5)6-10-11-7(12)13-6/h1-3H,(H,11,12). The van der Waals surface area contributed by atoms with E-state index in [0.717, 1.165) is 11.3 Å². The number of nitrogens with zero attached hydrogens (tertiary/aromatic N) is 2. The van der Waals surface area contributed by atoms with Gasteiger partial charge in [-0.05, 0) is 12.1 Å². The third-order valence-electron chi connectivity index (χ3n) is 1.37. The van der Waals surface area contributed by atoms with E-state index >= 15 is 0 Å². The second-order valence-electron chi connectivity index (χ2n) is 2.26. The molecule has 2 heterocycles. The number of halogens is 1. The maximum Gasteiger partial charge on any atom is 0.322 e. The first-order chi connectivity index (χ1) is 6.25. The van der Waals surface area contributed by atoms with E-state index in [2.05, 4.69) is 15.2 Å². The second-order valence-corrected chi connectivity index (χ2v) is 3.23. The average Bonchev–Trinajstić information content (AvgIpc) is 2.52. The second kappa shape index (κ2) is 3.06. The van der Waals surface area contributed by atoms with E-state index in [9.17, 15) is 9.18 Å². The Labute approximate surface area is 76.1 Å². The van der Waals surface area contributed by atoms with Crippen LogP contribution in [0.1, 0.15) is 0 Å². The Bertz CT molecular complexity index is 478. The van der Waals surface area contributed by atoms with Crippen LogP contribution in [-0.4, -0.2) is 15.2 Å². The zero-order valence-corrected chi connectivity index (χ0v) is 7.14. The maximum absolute atomic E-state index is 12.6. The van der Waals surface area contributed by atoms with Crippen LogP contribution in [0.3, 0.4) is 0 Å². The quantitative estimate of drug-likeness (QED) is 0.694. The molecule has 66 valence electrons. The van der Waals surface area contributed by atoms with Crippen molar-refractivity contribution in [3.8, 4) is 10.7 Å². The lowest BCUT2D eigenvalue weighted by atomic mass is 10.4. The summed E-state index contributed by atoms with van der Waals surface area (Å²) in [4.78, 5) is 14.0. The van der Waals surface area contributed by atoms with E-state index in [-0.39, 0.29) is 4.87 Å². The Hall–Kier alpha value is -1.56. The Morgan fingerprint density at radius 1 is 1.46 bits per heavy atom. The molecule has 0 aliphatic carbocycles. The summed E-state index contributed by atoms with van der Waals surface area (Å²) in [5.74, 6) is -0.583. The minimum absolute atomic E-state index is 0.277. The smallest absolute Gasteiger partial charge is 0.255 e. The number of nitrogens with one attached hydrogen (secondary N) is 1. The SMILES string of the molecule is O=c1[nH]nc(-c2cccc(F)n2)s1. The average molecular weight is 197 g/mol. The molecular formula is C7H4FN3OS. The molecule has 0 atom stereocenters. The zero-order valence-electron chi connectivity index (χ0n) is 6.32. The highest BCUT2D eigenvalue weighted by molar-refractivity contribution is 7.12. The molecule has 0 saturated heterocycles. The Morgan fingerprint density at radius 2 is 2.31 bits per heavy atom. The van der Waals surface area contributed by atoms with Gasteiger partial charge in [0.25, 0.3) is 0 Å². The van der Waals surface area contributed by atoms with Gasteiger partial charge in [0.1, 0.15) is 5.69 Å². The summed E-state index contributed by atoms with van der Waals surface area (Å²) in [6.45, 7) is 0. The topological polar surface area (TPSA) is 58.6 Å². The van der Waals surface area contributed by atoms with Crippen LogP contribution in [0.5, 0.6) is 0 Å². The molecular weight excluding hydrogens is 193 g/mol. The van der Waals surface area contributed by atoms with Crippen molar-refractivity contribution in [2.75, 3.05) is 0 Å². The van der Waals surface area contributed by atoms with Gasteiger partial charge in [0.15, 0.2) is 5.01 Å². The normalized spacial score (nSPS) is 10.2. The molecule has 13 heavy (non-hydrogen) atoms. The van der Waals surface area contributed by atoms with Gasteiger partial charge in [0, 0.05) is 0 Å². The Morgan fingerprint density at radius 3 is 2.92 bits per heavy atom. The molecule has 0 aliphatic heterocycles. The third-order valence-corrected chi connectivity index (χ3v) is 2.14. The molecule has 0 aliphatic rings. The highest BCUT2D eigenvalue weighted by Crippen LogP contribution is 2.15. The Kier molecular flexibility index (Phi) is 1.90. The molecule has 2 rings (SSSR count). The van der Waals surface area contributed by atoms with Crippen LogP contribution in [0.15, 0.2) is 23.0 Å². The lowest BCUT2D eigenvalue weighted by Crippen LogP contribution is -1.90. The van der Waals surface area contributed by atoms with Crippen LogP contribution >= 0.6 is 11.3 Å². The molecule has 6 heteroatoms. The molecule has 2 aromatic heterocycles. The van der Waals surface area contributed by atoms with E-state index in [1.807, 2.05) is 0 Å². The molecule has 0 spiro atoms. The predicted molar refractivity (Wildman–Crippen MR) is 45.9 cm³/mol. The molecule has 0 radical (unpaired) electrons. The number of hydrogen-bond donors (Lipinski definition) is 1. The predicted octanol–water partition coefficient (Wildman–Crippen LogP) is 1.03. The van der Waals surface area contributed by atoms with Crippen LogP contribution in [0, 0.1) is 5.95 Å². The zero-order chi connectivity index (χ0) is 9.26. The van der Waals surface area contributed by atoms with Crippen molar-refractivity contribution in [2.45, 2.75) is 0 Å². The number of H-pyrrole nitrogens is 1. The first-order valence-corrected chi connectivity index (χ1v) is 4.26. The van der Waals surface area contributed by atoms with E-state index in [1.54, 1.807) is 6.07 Å². The molecule has 2 aromatic rings. The molecule has 1 N–H and O–H groups in total. The molecule has 0 fully saturated rings. The van der Waals surface area contributed by atoms with Gasteiger partial charge in [0.2, 0.25) is 5.95 Å². The van der Waals surface area contributed by atoms with E-state index < -0.39 is 5.95 Å². The summed E-state index contributed by atoms with van der Waals surface area (Å²) >= 11 is 0.898. The van der Waals surface area contributed by atoms with Crippen LogP contribution in [0.25, 0.3) is 10.7 Å². The largest absolute Gasteiger partial charge is 0.322 e. The van der Waals surface area contributed by atoms with Gasteiger partial charge >= 0.3 is 4.87 Å². The number of aromatic amines is 1. The molecule has 0 aromatic carbocycles. The summed E-state index contributed by atoms with van der Waals surface area (Å²) in [6, 6.07) is 4.34. The number of hydrogen-bond acceptors (Lipinski definition) is 4. The van der Waals surface area contributed by atoms with Crippen LogP contribution in [0.4, 0.5) is 4.39 Å². The maximum atomic E-state index is 12.6. The first-order valence-electron chi connectivity index (χ1n) is 3.44. The number of aromatic nitrogens is 3. The van der Waals surface area contributed by atoms with Gasteiger partial charge in [-0.1, -0.05) is 17.4 Å². The van der Waals surface area contributed by atoms with Crippen molar-refractivity contribution in [2.24, 2.45) is 0 Å². The van der Waals surface area contributed by atoms with Gasteiger partial charge in [-0.15, -0.1) is 0 Å². The molecule has 0 unspecified atom stereocenters.